The van der Waals surface area contributed by atoms with E-state index >= 15 is 0 Å². The van der Waals surface area contributed by atoms with Gasteiger partial charge in [0, 0.05) is 6.42 Å². The minimum Gasteiger partial charge on any atom is -0.464 e. The number of aryl methyl sites for hydroxylation is 2. The topological polar surface area (TPSA) is 83.0 Å². The van der Waals surface area contributed by atoms with Crippen LogP contribution in [0.3, 0.4) is 0 Å². The van der Waals surface area contributed by atoms with Gasteiger partial charge < -0.3 is 13.8 Å². The fourth-order valence-corrected chi connectivity index (χ4v) is 1.75. The van der Waals surface area contributed by atoms with Crippen LogP contribution in [-0.4, -0.2) is 32.8 Å². The van der Waals surface area contributed by atoms with Crippen molar-refractivity contribution in [1.29, 1.82) is 0 Å². The van der Waals surface area contributed by atoms with Crippen molar-refractivity contribution in [2.24, 2.45) is 0 Å². The second-order valence-corrected chi connectivity index (χ2v) is 4.12. The molecule has 0 radical (unpaired) electrons. The number of carbonyl (C=O) groups is 1. The highest BCUT2D eigenvalue weighted by atomic mass is 16.5. The van der Waals surface area contributed by atoms with Crippen LogP contribution in [0.15, 0.2) is 10.7 Å². The highest BCUT2D eigenvalue weighted by Gasteiger charge is 2.17. The molecule has 0 saturated carbocycles. The van der Waals surface area contributed by atoms with Crippen LogP contribution in [0.5, 0.6) is 0 Å². The van der Waals surface area contributed by atoms with Crippen LogP contribution < -0.4 is 0 Å². The third kappa shape index (κ3) is 2.81. The van der Waals surface area contributed by atoms with Crippen molar-refractivity contribution in [2.45, 2.75) is 33.2 Å². The number of esters is 1. The molecule has 0 aliphatic rings. The Kier molecular flexibility index (Phi) is 3.94. The fraction of sp³-hybridized carbons (Fsp3) is 0.500. The van der Waals surface area contributed by atoms with E-state index < -0.39 is 5.97 Å². The average Bonchev–Trinajstić information content (AvgIpc) is 2.98. The first kappa shape index (κ1) is 13.3. The molecule has 102 valence electrons. The van der Waals surface area contributed by atoms with Crippen LogP contribution in [0, 0.1) is 6.92 Å². The molecule has 19 heavy (non-hydrogen) atoms. The highest BCUT2D eigenvalue weighted by molar-refractivity contribution is 5.87. The number of carbonyl (C=O) groups excluding carboxylic acids is 1. The third-order valence-electron chi connectivity index (χ3n) is 2.72. The van der Waals surface area contributed by atoms with Crippen LogP contribution >= 0.6 is 0 Å². The Morgan fingerprint density at radius 2 is 2.32 bits per heavy atom. The summed E-state index contributed by atoms with van der Waals surface area (Å²) in [5, 5.41) is 3.89. The van der Waals surface area contributed by atoms with Crippen LogP contribution in [0.25, 0.3) is 0 Å². The lowest BCUT2D eigenvalue weighted by Gasteiger charge is -2.05. The van der Waals surface area contributed by atoms with Crippen molar-refractivity contribution in [2.75, 3.05) is 7.11 Å². The minimum absolute atomic E-state index is 0.337. The molecule has 7 nitrogen and oxygen atoms in total. The van der Waals surface area contributed by atoms with E-state index in [-0.39, 0.29) is 0 Å². The highest BCUT2D eigenvalue weighted by Crippen LogP contribution is 2.10. The molecule has 0 spiro atoms. The van der Waals surface area contributed by atoms with Gasteiger partial charge in [0.2, 0.25) is 5.89 Å². The maximum Gasteiger partial charge on any atom is 0.356 e. The van der Waals surface area contributed by atoms with E-state index in [0.29, 0.717) is 29.8 Å². The van der Waals surface area contributed by atoms with Gasteiger partial charge in [-0.25, -0.2) is 9.78 Å². The summed E-state index contributed by atoms with van der Waals surface area (Å²) < 4.78 is 11.5. The summed E-state index contributed by atoms with van der Waals surface area (Å²) in [5.74, 6) is 1.39. The summed E-state index contributed by atoms with van der Waals surface area (Å²) in [6.07, 6.45) is 3.17. The van der Waals surface area contributed by atoms with Gasteiger partial charge in [0.15, 0.2) is 5.82 Å². The molecular weight excluding hydrogens is 248 g/mol. The Bertz CT molecular complexity index is 573. The molecule has 2 heterocycles. The molecule has 2 aromatic rings. The summed E-state index contributed by atoms with van der Waals surface area (Å²) in [4.78, 5) is 20.0. The van der Waals surface area contributed by atoms with E-state index in [4.69, 9.17) is 9.26 Å². The van der Waals surface area contributed by atoms with Gasteiger partial charge in [0.25, 0.3) is 0 Å². The van der Waals surface area contributed by atoms with Crippen LogP contribution in [0.1, 0.15) is 41.4 Å². The van der Waals surface area contributed by atoms with Gasteiger partial charge >= 0.3 is 5.97 Å². The Morgan fingerprint density at radius 3 is 3.00 bits per heavy atom. The van der Waals surface area contributed by atoms with Gasteiger partial charge in [-0.1, -0.05) is 12.1 Å². The summed E-state index contributed by atoms with van der Waals surface area (Å²) in [6.45, 7) is 4.18. The van der Waals surface area contributed by atoms with Gasteiger partial charge in [-0.2, -0.15) is 4.98 Å². The Morgan fingerprint density at radius 1 is 1.53 bits per heavy atom. The van der Waals surface area contributed by atoms with Crippen molar-refractivity contribution in [3.63, 3.8) is 0 Å². The first-order chi connectivity index (χ1) is 9.15. The zero-order valence-corrected chi connectivity index (χ0v) is 11.2. The van der Waals surface area contributed by atoms with Crippen molar-refractivity contribution in [3.8, 4) is 0 Å². The van der Waals surface area contributed by atoms with Crippen molar-refractivity contribution < 1.29 is 14.1 Å². The number of methoxy groups -OCH3 is 1. The average molecular weight is 264 g/mol. The first-order valence-electron chi connectivity index (χ1n) is 6.07. The van der Waals surface area contributed by atoms with E-state index in [1.807, 2.05) is 6.92 Å². The van der Waals surface area contributed by atoms with Crippen LogP contribution in [-0.2, 0) is 17.7 Å². The molecule has 2 rings (SSSR count). The normalized spacial score (nSPS) is 10.7. The van der Waals surface area contributed by atoms with Gasteiger partial charge in [-0.05, 0) is 13.3 Å². The SMILES string of the molecule is CCCc1nc(Cn2c(C(=O)OC)cnc2C)no1. The number of rotatable bonds is 5. The number of hydrogen-bond donors (Lipinski definition) is 0. The molecule has 2 aromatic heterocycles. The monoisotopic (exact) mass is 264 g/mol. The van der Waals surface area contributed by atoms with Crippen LogP contribution in [0.2, 0.25) is 0 Å². The van der Waals surface area contributed by atoms with E-state index in [2.05, 4.69) is 15.1 Å². The fourth-order valence-electron chi connectivity index (χ4n) is 1.75. The van der Waals surface area contributed by atoms with Crippen molar-refractivity contribution in [3.05, 3.63) is 29.4 Å². The second-order valence-electron chi connectivity index (χ2n) is 4.12. The molecule has 0 bridgehead atoms. The third-order valence-corrected chi connectivity index (χ3v) is 2.72. The van der Waals surface area contributed by atoms with Crippen LogP contribution in [0.4, 0.5) is 0 Å². The minimum atomic E-state index is -0.433. The lowest BCUT2D eigenvalue weighted by atomic mass is 10.3. The lowest BCUT2D eigenvalue weighted by Crippen LogP contribution is -2.13. The summed E-state index contributed by atoms with van der Waals surface area (Å²) >= 11 is 0. The maximum absolute atomic E-state index is 11.6. The number of hydrogen-bond acceptors (Lipinski definition) is 6. The number of nitrogens with zero attached hydrogens (tertiary/aromatic N) is 4. The predicted molar refractivity (Wildman–Crippen MR) is 65.7 cm³/mol. The van der Waals surface area contributed by atoms with Gasteiger partial charge in [0.1, 0.15) is 11.5 Å². The maximum atomic E-state index is 11.6. The second kappa shape index (κ2) is 5.64. The Balaban J connectivity index is 2.22. The smallest absolute Gasteiger partial charge is 0.356 e. The predicted octanol–water partition coefficient (Wildman–Crippen LogP) is 1.36. The molecule has 0 atom stereocenters. The Labute approximate surface area is 110 Å². The van der Waals surface area contributed by atoms with Gasteiger partial charge in [0.05, 0.1) is 19.9 Å². The number of ether oxygens (including phenoxy) is 1. The summed E-state index contributed by atoms with van der Waals surface area (Å²) in [6, 6.07) is 0. The zero-order chi connectivity index (χ0) is 13.8. The van der Waals surface area contributed by atoms with Gasteiger partial charge in [-0.3, -0.25) is 0 Å². The molecular formula is C12H16N4O3. The molecule has 7 heteroatoms. The van der Waals surface area contributed by atoms with E-state index in [1.165, 1.54) is 13.3 Å². The molecule has 0 aromatic carbocycles. The Hall–Kier alpha value is -2.18. The number of aromatic nitrogens is 4. The molecule has 0 N–H and O–H groups in total. The first-order valence-corrected chi connectivity index (χ1v) is 6.07. The number of imidazole rings is 1. The molecule has 0 unspecified atom stereocenters. The van der Waals surface area contributed by atoms with E-state index in [9.17, 15) is 4.79 Å². The standard InChI is InChI=1S/C12H16N4O3/c1-4-5-11-14-10(15-19-11)7-16-8(2)13-6-9(16)12(17)18-3/h6H,4-5,7H2,1-3H3. The van der Waals surface area contributed by atoms with Crippen molar-refractivity contribution >= 4 is 5.97 Å². The molecule has 0 aliphatic heterocycles. The lowest BCUT2D eigenvalue weighted by molar-refractivity contribution is 0.0588. The molecule has 0 aliphatic carbocycles. The zero-order valence-electron chi connectivity index (χ0n) is 11.2. The quantitative estimate of drug-likeness (QED) is 0.758. The summed E-state index contributed by atoms with van der Waals surface area (Å²) in [5.41, 5.74) is 0.377. The van der Waals surface area contributed by atoms with E-state index in [1.54, 1.807) is 11.5 Å². The summed E-state index contributed by atoms with van der Waals surface area (Å²) in [7, 11) is 1.34. The van der Waals surface area contributed by atoms with E-state index in [0.717, 1.165) is 12.8 Å². The largest absolute Gasteiger partial charge is 0.464 e. The van der Waals surface area contributed by atoms with Crippen molar-refractivity contribution in [1.82, 2.24) is 19.7 Å². The molecule has 0 saturated heterocycles. The van der Waals surface area contributed by atoms with Gasteiger partial charge in [-0.15, -0.1) is 0 Å². The molecule has 0 amide bonds. The molecule has 0 fully saturated rings.